The second-order valence-electron chi connectivity index (χ2n) is 6.67. The topological polar surface area (TPSA) is 118 Å². The minimum Gasteiger partial charge on any atom is -0.473 e. The van der Waals surface area contributed by atoms with Crippen LogP contribution < -0.4 is 4.74 Å². The number of hydrogen-bond acceptors (Lipinski definition) is 6. The molecule has 0 atom stereocenters. The first-order chi connectivity index (χ1) is 13.6. The molecule has 1 aliphatic rings. The average Bonchev–Trinajstić information content (AvgIpc) is 3.13. The van der Waals surface area contributed by atoms with Crippen LogP contribution in [-0.2, 0) is 4.79 Å². The average molecular weight is 454 g/mol. The molecule has 3 aromatic rings. The van der Waals surface area contributed by atoms with Gasteiger partial charge in [0.15, 0.2) is 0 Å². The van der Waals surface area contributed by atoms with Crippen molar-refractivity contribution in [1.82, 2.24) is 14.9 Å². The van der Waals surface area contributed by atoms with Gasteiger partial charge in [0.1, 0.15) is 22.9 Å². The van der Waals surface area contributed by atoms with Crippen LogP contribution in [0.25, 0.3) is 21.3 Å². The van der Waals surface area contributed by atoms with Gasteiger partial charge in [0.25, 0.3) is 0 Å². The van der Waals surface area contributed by atoms with Crippen LogP contribution in [0.3, 0.4) is 0 Å². The summed E-state index contributed by atoms with van der Waals surface area (Å²) in [4.78, 5) is 22.9. The van der Waals surface area contributed by atoms with Crippen molar-refractivity contribution in [3.05, 3.63) is 35.7 Å². The molecule has 30 heavy (non-hydrogen) atoms. The number of rotatable bonds is 4. The van der Waals surface area contributed by atoms with Crippen molar-refractivity contribution in [2.75, 3.05) is 19.3 Å². The highest BCUT2D eigenvalue weighted by atomic mass is 32.2. The molecule has 2 aromatic heterocycles. The summed E-state index contributed by atoms with van der Waals surface area (Å²) >= 11 is 2.97. The Labute approximate surface area is 181 Å². The van der Waals surface area contributed by atoms with E-state index in [1.54, 1.807) is 19.1 Å². The van der Waals surface area contributed by atoms with Crippen LogP contribution in [0.5, 0.6) is 5.88 Å². The van der Waals surface area contributed by atoms with Crippen LogP contribution in [0.4, 0.5) is 4.39 Å². The number of ether oxygens (including phenoxy) is 1. The normalized spacial score (nSPS) is 14.2. The molecule has 1 amide bonds. The number of likely N-dealkylation sites (tertiary alicyclic amines) is 1. The maximum atomic E-state index is 14.6. The smallest absolute Gasteiger partial charge is 0.235 e. The lowest BCUT2D eigenvalue weighted by atomic mass is 10.1. The minimum atomic E-state index is -0.260. The van der Waals surface area contributed by atoms with Gasteiger partial charge in [-0.3, -0.25) is 4.79 Å². The molecule has 1 saturated heterocycles. The molecular formula is C20H24FN3O4S2. The zero-order chi connectivity index (χ0) is 19.7. The van der Waals surface area contributed by atoms with Crippen LogP contribution in [0.15, 0.2) is 34.8 Å². The number of fused-ring (bicyclic) bond motifs is 1. The number of amides is 1. The SMILES string of the molecule is CSc1ccc(-c2csc3c(OC4CCN(C(C)=O)CC4)ncnc23)c(F)c1.O.O. The molecule has 0 unspecified atom stereocenters. The van der Waals surface area contributed by atoms with Crippen molar-refractivity contribution in [3.63, 3.8) is 0 Å². The highest BCUT2D eigenvalue weighted by molar-refractivity contribution is 7.98. The fourth-order valence-electron chi connectivity index (χ4n) is 3.39. The Kier molecular flexibility index (Phi) is 8.13. The van der Waals surface area contributed by atoms with Gasteiger partial charge in [0.05, 0.1) is 5.52 Å². The third-order valence-electron chi connectivity index (χ3n) is 4.95. The number of nitrogens with zero attached hydrogens (tertiary/aromatic N) is 3. The van der Waals surface area contributed by atoms with Crippen LogP contribution >= 0.6 is 23.1 Å². The molecule has 0 radical (unpaired) electrons. The fraction of sp³-hybridized carbons (Fsp3) is 0.350. The molecule has 0 spiro atoms. The third kappa shape index (κ3) is 4.72. The molecule has 7 nitrogen and oxygen atoms in total. The highest BCUT2D eigenvalue weighted by Gasteiger charge is 2.24. The lowest BCUT2D eigenvalue weighted by molar-refractivity contribution is -0.130. The number of benzene rings is 1. The van der Waals surface area contributed by atoms with E-state index < -0.39 is 0 Å². The number of carbonyl (C=O) groups excluding carboxylic acids is 1. The zero-order valence-corrected chi connectivity index (χ0v) is 18.3. The number of piperidine rings is 1. The van der Waals surface area contributed by atoms with Gasteiger partial charge in [0, 0.05) is 54.3 Å². The first-order valence-corrected chi connectivity index (χ1v) is 11.2. The van der Waals surface area contributed by atoms with E-state index in [0.717, 1.165) is 28.0 Å². The Balaban J connectivity index is 0.00000160. The Hall–Kier alpha value is -2.27. The quantitative estimate of drug-likeness (QED) is 0.563. The van der Waals surface area contributed by atoms with Crippen molar-refractivity contribution in [3.8, 4) is 17.0 Å². The molecular weight excluding hydrogens is 429 g/mol. The Morgan fingerprint density at radius 1 is 1.23 bits per heavy atom. The number of thioether (sulfide) groups is 1. The number of carbonyl (C=O) groups is 1. The minimum absolute atomic E-state index is 0. The van der Waals surface area contributed by atoms with Crippen molar-refractivity contribution < 1.29 is 24.9 Å². The van der Waals surface area contributed by atoms with Crippen molar-refractivity contribution in [2.24, 2.45) is 0 Å². The van der Waals surface area contributed by atoms with Crippen LogP contribution in [-0.4, -0.2) is 57.2 Å². The second kappa shape index (κ2) is 10.2. The lowest BCUT2D eigenvalue weighted by Gasteiger charge is -2.31. The van der Waals surface area contributed by atoms with Crippen LogP contribution in [0.2, 0.25) is 0 Å². The highest BCUT2D eigenvalue weighted by Crippen LogP contribution is 2.38. The van der Waals surface area contributed by atoms with Gasteiger partial charge in [-0.2, -0.15) is 0 Å². The van der Waals surface area contributed by atoms with Gasteiger partial charge in [-0.25, -0.2) is 14.4 Å². The Morgan fingerprint density at radius 3 is 2.60 bits per heavy atom. The molecule has 10 heteroatoms. The predicted octanol–water partition coefficient (Wildman–Crippen LogP) is 2.96. The summed E-state index contributed by atoms with van der Waals surface area (Å²) in [5.41, 5.74) is 1.99. The van der Waals surface area contributed by atoms with Gasteiger partial charge in [-0.15, -0.1) is 23.1 Å². The summed E-state index contributed by atoms with van der Waals surface area (Å²) in [6.07, 6.45) is 4.94. The zero-order valence-electron chi connectivity index (χ0n) is 16.6. The van der Waals surface area contributed by atoms with Gasteiger partial charge in [0.2, 0.25) is 11.8 Å². The van der Waals surface area contributed by atoms with Crippen molar-refractivity contribution >= 4 is 39.2 Å². The monoisotopic (exact) mass is 453 g/mol. The summed E-state index contributed by atoms with van der Waals surface area (Å²) < 4.78 is 21.5. The Morgan fingerprint density at radius 2 is 1.97 bits per heavy atom. The van der Waals surface area contributed by atoms with E-state index in [4.69, 9.17) is 4.74 Å². The first kappa shape index (κ1) is 24.0. The molecule has 0 bridgehead atoms. The summed E-state index contributed by atoms with van der Waals surface area (Å²) in [6, 6.07) is 5.25. The molecule has 1 aliphatic heterocycles. The summed E-state index contributed by atoms with van der Waals surface area (Å²) in [6.45, 7) is 2.97. The van der Waals surface area contributed by atoms with E-state index in [1.807, 2.05) is 22.6 Å². The summed E-state index contributed by atoms with van der Waals surface area (Å²) in [5, 5.41) is 1.90. The van der Waals surface area contributed by atoms with Crippen LogP contribution in [0.1, 0.15) is 19.8 Å². The standard InChI is InChI=1S/C20H20FN3O2S2.2H2O/c1-12(25)24-7-5-13(6-8-24)26-20-19-18(22-11-23-20)16(10-28-19)15-4-3-14(27-2)9-17(15)21;;/h3-4,9-11,13H,5-8H2,1-2H3;2*1H2. The van der Waals surface area contributed by atoms with Gasteiger partial charge in [-0.1, -0.05) is 6.07 Å². The largest absolute Gasteiger partial charge is 0.473 e. The van der Waals surface area contributed by atoms with E-state index in [9.17, 15) is 9.18 Å². The van der Waals surface area contributed by atoms with Gasteiger partial charge >= 0.3 is 0 Å². The summed E-state index contributed by atoms with van der Waals surface area (Å²) in [5.74, 6) is 0.369. The van der Waals surface area contributed by atoms with Crippen molar-refractivity contribution in [2.45, 2.75) is 30.8 Å². The van der Waals surface area contributed by atoms with Gasteiger partial charge < -0.3 is 20.6 Å². The molecule has 1 fully saturated rings. The fourth-order valence-corrected chi connectivity index (χ4v) is 4.77. The third-order valence-corrected chi connectivity index (χ3v) is 6.64. The molecule has 1 aromatic carbocycles. The number of thiophene rings is 1. The van der Waals surface area contributed by atoms with E-state index in [1.165, 1.54) is 29.4 Å². The van der Waals surface area contributed by atoms with E-state index >= 15 is 0 Å². The number of halogens is 1. The maximum absolute atomic E-state index is 14.6. The Bertz CT molecular complexity index is 1020. The molecule has 4 N–H and O–H groups in total. The molecule has 3 heterocycles. The second-order valence-corrected chi connectivity index (χ2v) is 8.43. The molecule has 0 aliphatic carbocycles. The van der Waals surface area contributed by atoms with Crippen molar-refractivity contribution in [1.29, 1.82) is 0 Å². The van der Waals surface area contributed by atoms with Gasteiger partial charge in [-0.05, 0) is 18.4 Å². The van der Waals surface area contributed by atoms with E-state index in [-0.39, 0.29) is 28.8 Å². The molecule has 4 rings (SSSR count). The number of hydrogen-bond donors (Lipinski definition) is 0. The maximum Gasteiger partial charge on any atom is 0.235 e. The first-order valence-electron chi connectivity index (χ1n) is 9.05. The molecule has 162 valence electrons. The van der Waals surface area contributed by atoms with E-state index in [2.05, 4.69) is 9.97 Å². The molecule has 0 saturated carbocycles. The lowest BCUT2D eigenvalue weighted by Crippen LogP contribution is -2.40. The van der Waals surface area contributed by atoms with E-state index in [0.29, 0.717) is 30.0 Å². The predicted molar refractivity (Wildman–Crippen MR) is 118 cm³/mol. The number of aromatic nitrogens is 2. The van der Waals surface area contributed by atoms with Crippen LogP contribution in [0, 0.1) is 5.82 Å². The summed E-state index contributed by atoms with van der Waals surface area (Å²) in [7, 11) is 0.